The molecule has 0 atom stereocenters. The number of hydrogen-bond acceptors (Lipinski definition) is 3. The normalized spacial score (nSPS) is 14.9. The van der Waals surface area contributed by atoms with Crippen molar-refractivity contribution in [1.29, 1.82) is 0 Å². The number of likely N-dealkylation sites (tertiary alicyclic amines) is 1. The van der Waals surface area contributed by atoms with Crippen LogP contribution in [0.5, 0.6) is 0 Å². The second-order valence-corrected chi connectivity index (χ2v) is 7.50. The topological polar surface area (TPSA) is 62.3 Å². The van der Waals surface area contributed by atoms with Gasteiger partial charge < -0.3 is 10.2 Å². The number of hydrogen-bond donors (Lipinski definition) is 1. The monoisotopic (exact) mass is 415 g/mol. The molecule has 1 aromatic heterocycles. The van der Waals surface area contributed by atoms with E-state index < -0.39 is 0 Å². The van der Waals surface area contributed by atoms with E-state index in [1.165, 1.54) is 0 Å². The van der Waals surface area contributed by atoms with Crippen molar-refractivity contribution in [3.63, 3.8) is 0 Å². The molecule has 6 heteroatoms. The summed E-state index contributed by atoms with van der Waals surface area (Å²) in [7, 11) is 0. The number of piperidine rings is 1. The molecule has 1 N–H and O–H groups in total. The Balaban J connectivity index is 1.41. The Morgan fingerprint density at radius 1 is 1.19 bits per heavy atom. The summed E-state index contributed by atoms with van der Waals surface area (Å²) < 4.78 is 0.980. The Kier molecular flexibility index (Phi) is 6.39. The predicted octanol–water partition coefficient (Wildman–Crippen LogP) is 3.06. The van der Waals surface area contributed by atoms with Crippen molar-refractivity contribution in [3.05, 3.63) is 64.4 Å². The highest BCUT2D eigenvalue weighted by Gasteiger charge is 2.24. The first-order valence-electron chi connectivity index (χ1n) is 8.82. The summed E-state index contributed by atoms with van der Waals surface area (Å²) in [6.07, 6.45) is 5.47. The lowest BCUT2D eigenvalue weighted by molar-refractivity contribution is -0.120. The van der Waals surface area contributed by atoms with Gasteiger partial charge in [-0.2, -0.15) is 0 Å². The van der Waals surface area contributed by atoms with Gasteiger partial charge >= 0.3 is 0 Å². The number of amides is 2. The van der Waals surface area contributed by atoms with E-state index in [0.717, 1.165) is 36.0 Å². The van der Waals surface area contributed by atoms with Crippen molar-refractivity contribution in [2.75, 3.05) is 19.6 Å². The van der Waals surface area contributed by atoms with Crippen molar-refractivity contribution < 1.29 is 9.59 Å². The van der Waals surface area contributed by atoms with Gasteiger partial charge in [-0.3, -0.25) is 14.6 Å². The SMILES string of the molecule is O=C(Cc1cccc(Br)c1)NCC1CCN(C(=O)c2cccnc2)CC1. The fraction of sp³-hybridized carbons (Fsp3) is 0.350. The maximum Gasteiger partial charge on any atom is 0.255 e. The van der Waals surface area contributed by atoms with Gasteiger partial charge in [-0.05, 0) is 48.6 Å². The summed E-state index contributed by atoms with van der Waals surface area (Å²) in [4.78, 5) is 30.4. The van der Waals surface area contributed by atoms with Crippen LogP contribution in [0.2, 0.25) is 0 Å². The fourth-order valence-electron chi connectivity index (χ4n) is 3.17. The highest BCUT2D eigenvalue weighted by molar-refractivity contribution is 9.10. The van der Waals surface area contributed by atoms with Crippen LogP contribution in [0.25, 0.3) is 0 Å². The average Bonchev–Trinajstić information content (AvgIpc) is 2.67. The molecule has 1 aromatic carbocycles. The molecule has 2 amide bonds. The van der Waals surface area contributed by atoms with Gasteiger partial charge in [-0.25, -0.2) is 0 Å². The highest BCUT2D eigenvalue weighted by Crippen LogP contribution is 2.18. The van der Waals surface area contributed by atoms with Crippen LogP contribution >= 0.6 is 15.9 Å². The Labute approximate surface area is 161 Å². The third-order valence-corrected chi connectivity index (χ3v) is 5.15. The van der Waals surface area contributed by atoms with E-state index in [1.807, 2.05) is 29.2 Å². The standard InChI is InChI=1S/C20H22BrN3O2/c21-18-5-1-3-16(11-18)12-19(25)23-13-15-6-9-24(10-7-15)20(26)17-4-2-8-22-14-17/h1-5,8,11,14-15H,6-7,9-10,12-13H2,(H,23,25). The number of benzene rings is 1. The second kappa shape index (κ2) is 8.94. The van der Waals surface area contributed by atoms with E-state index in [1.54, 1.807) is 24.5 Å². The lowest BCUT2D eigenvalue weighted by atomic mass is 9.96. The molecular weight excluding hydrogens is 394 g/mol. The molecule has 136 valence electrons. The first-order valence-corrected chi connectivity index (χ1v) is 9.61. The predicted molar refractivity (Wildman–Crippen MR) is 104 cm³/mol. The van der Waals surface area contributed by atoms with E-state index in [4.69, 9.17) is 0 Å². The van der Waals surface area contributed by atoms with Crippen LogP contribution in [0.15, 0.2) is 53.3 Å². The van der Waals surface area contributed by atoms with E-state index in [-0.39, 0.29) is 11.8 Å². The van der Waals surface area contributed by atoms with Gasteiger partial charge in [0.25, 0.3) is 5.91 Å². The minimum atomic E-state index is 0.0373. The zero-order valence-corrected chi connectivity index (χ0v) is 16.1. The Morgan fingerprint density at radius 2 is 2.00 bits per heavy atom. The molecule has 2 aromatic rings. The van der Waals surface area contributed by atoms with E-state index in [9.17, 15) is 9.59 Å². The summed E-state index contributed by atoms with van der Waals surface area (Å²) in [6, 6.07) is 11.4. The quantitative estimate of drug-likeness (QED) is 0.815. The van der Waals surface area contributed by atoms with Gasteiger partial charge in [-0.15, -0.1) is 0 Å². The van der Waals surface area contributed by atoms with Crippen molar-refractivity contribution in [2.24, 2.45) is 5.92 Å². The first kappa shape index (κ1) is 18.6. The largest absolute Gasteiger partial charge is 0.356 e. The Hall–Kier alpha value is -2.21. The molecule has 26 heavy (non-hydrogen) atoms. The molecule has 1 aliphatic rings. The van der Waals surface area contributed by atoms with Crippen molar-refractivity contribution in [3.8, 4) is 0 Å². The van der Waals surface area contributed by atoms with Gasteiger partial charge in [0.15, 0.2) is 0 Å². The molecule has 2 heterocycles. The van der Waals surface area contributed by atoms with Crippen LogP contribution in [0.4, 0.5) is 0 Å². The van der Waals surface area contributed by atoms with Crippen molar-refractivity contribution >= 4 is 27.7 Å². The Bertz CT molecular complexity index is 759. The van der Waals surface area contributed by atoms with Crippen molar-refractivity contribution in [1.82, 2.24) is 15.2 Å². The third kappa shape index (κ3) is 5.14. The van der Waals surface area contributed by atoms with Crippen LogP contribution in [-0.4, -0.2) is 41.3 Å². The average molecular weight is 416 g/mol. The molecule has 0 aliphatic carbocycles. The van der Waals surface area contributed by atoms with Crippen LogP contribution in [0, 0.1) is 5.92 Å². The van der Waals surface area contributed by atoms with Crippen LogP contribution in [-0.2, 0) is 11.2 Å². The van der Waals surface area contributed by atoms with E-state index in [0.29, 0.717) is 24.4 Å². The summed E-state index contributed by atoms with van der Waals surface area (Å²) in [5.74, 6) is 0.492. The molecular formula is C20H22BrN3O2. The number of nitrogens with one attached hydrogen (secondary N) is 1. The second-order valence-electron chi connectivity index (χ2n) is 6.59. The van der Waals surface area contributed by atoms with E-state index in [2.05, 4.69) is 26.2 Å². The lowest BCUT2D eigenvalue weighted by Crippen LogP contribution is -2.41. The molecule has 1 aliphatic heterocycles. The number of halogens is 1. The zero-order chi connectivity index (χ0) is 18.4. The van der Waals surface area contributed by atoms with Gasteiger partial charge in [0.2, 0.25) is 5.91 Å². The molecule has 0 saturated carbocycles. The summed E-state index contributed by atoms with van der Waals surface area (Å²) in [5.41, 5.74) is 1.63. The number of pyridine rings is 1. The summed E-state index contributed by atoms with van der Waals surface area (Å²) in [5, 5.41) is 3.03. The molecule has 0 radical (unpaired) electrons. The number of carbonyl (C=O) groups excluding carboxylic acids is 2. The molecule has 0 spiro atoms. The molecule has 1 fully saturated rings. The van der Waals surface area contributed by atoms with Gasteiger partial charge in [0.05, 0.1) is 12.0 Å². The van der Waals surface area contributed by atoms with E-state index >= 15 is 0 Å². The lowest BCUT2D eigenvalue weighted by Gasteiger charge is -2.32. The number of rotatable bonds is 5. The molecule has 0 unspecified atom stereocenters. The number of aromatic nitrogens is 1. The van der Waals surface area contributed by atoms with Gasteiger partial charge in [0.1, 0.15) is 0 Å². The maximum atomic E-state index is 12.4. The molecule has 5 nitrogen and oxygen atoms in total. The maximum absolute atomic E-state index is 12.4. The minimum Gasteiger partial charge on any atom is -0.356 e. The molecule has 0 bridgehead atoms. The smallest absolute Gasteiger partial charge is 0.255 e. The summed E-state index contributed by atoms with van der Waals surface area (Å²) in [6.45, 7) is 2.11. The highest BCUT2D eigenvalue weighted by atomic mass is 79.9. The number of carbonyl (C=O) groups is 2. The van der Waals surface area contributed by atoms with Crippen LogP contribution in [0.3, 0.4) is 0 Å². The van der Waals surface area contributed by atoms with Crippen LogP contribution in [0.1, 0.15) is 28.8 Å². The molecule has 3 rings (SSSR count). The fourth-order valence-corrected chi connectivity index (χ4v) is 3.61. The minimum absolute atomic E-state index is 0.0373. The van der Waals surface area contributed by atoms with Crippen molar-refractivity contribution in [2.45, 2.75) is 19.3 Å². The van der Waals surface area contributed by atoms with Gasteiger partial charge in [0, 0.05) is 36.5 Å². The Morgan fingerprint density at radius 3 is 2.69 bits per heavy atom. The summed E-state index contributed by atoms with van der Waals surface area (Å²) >= 11 is 3.42. The van der Waals surface area contributed by atoms with Crippen LogP contribution < -0.4 is 5.32 Å². The van der Waals surface area contributed by atoms with Gasteiger partial charge in [-0.1, -0.05) is 28.1 Å². The zero-order valence-electron chi connectivity index (χ0n) is 14.5. The third-order valence-electron chi connectivity index (χ3n) is 4.65. The number of nitrogens with zero attached hydrogens (tertiary/aromatic N) is 2. The first-order chi connectivity index (χ1) is 12.6. The molecule has 1 saturated heterocycles.